The molecule has 0 atom stereocenters. The zero-order valence-electron chi connectivity index (χ0n) is 29.0. The van der Waals surface area contributed by atoms with Crippen LogP contribution in [0.1, 0.15) is 140 Å². The molecular weight excluding hydrogens is 506 g/mol. The van der Waals surface area contributed by atoms with E-state index in [9.17, 15) is 0 Å². The second-order valence-corrected chi connectivity index (χ2v) is 13.6. The molecule has 3 aliphatic heterocycles. The SMILES string of the molecule is C.CC(C)CCN1CCCC1.CC(C)OCCN1CCCCC1.CC(C)OCCN1CCCCC1.CCCC(C)C. The van der Waals surface area contributed by atoms with Crippen molar-refractivity contribution in [1.82, 2.24) is 14.7 Å². The van der Waals surface area contributed by atoms with Gasteiger partial charge in [-0.2, -0.15) is 0 Å². The summed E-state index contributed by atoms with van der Waals surface area (Å²) in [6.07, 6.45) is 16.0. The Hall–Kier alpha value is -0.200. The average molecular weight is 586 g/mol. The quantitative estimate of drug-likeness (QED) is 0.215. The number of ether oxygens (including phenoxy) is 2. The van der Waals surface area contributed by atoms with Crippen molar-refractivity contribution in [2.45, 2.75) is 153 Å². The molecule has 0 amide bonds. The van der Waals surface area contributed by atoms with Crippen molar-refractivity contribution in [3.63, 3.8) is 0 Å². The van der Waals surface area contributed by atoms with Crippen molar-refractivity contribution in [3.8, 4) is 0 Å². The lowest BCUT2D eigenvalue weighted by Gasteiger charge is -2.26. The van der Waals surface area contributed by atoms with E-state index in [1.165, 1.54) is 116 Å². The van der Waals surface area contributed by atoms with Gasteiger partial charge >= 0.3 is 0 Å². The van der Waals surface area contributed by atoms with Gasteiger partial charge in [0.15, 0.2) is 0 Å². The maximum Gasteiger partial charge on any atom is 0.0596 e. The first-order chi connectivity index (χ1) is 19.1. The van der Waals surface area contributed by atoms with Crippen LogP contribution in [0.3, 0.4) is 0 Å². The van der Waals surface area contributed by atoms with Gasteiger partial charge in [0.1, 0.15) is 0 Å². The van der Waals surface area contributed by atoms with Crippen LogP contribution in [0.15, 0.2) is 0 Å². The van der Waals surface area contributed by atoms with E-state index in [-0.39, 0.29) is 7.43 Å². The van der Waals surface area contributed by atoms with E-state index >= 15 is 0 Å². The summed E-state index contributed by atoms with van der Waals surface area (Å²) in [5.74, 6) is 1.77. The van der Waals surface area contributed by atoms with Crippen LogP contribution in [-0.4, -0.2) is 99.0 Å². The molecule has 3 saturated heterocycles. The predicted octanol–water partition coefficient (Wildman–Crippen LogP) is 9.00. The highest BCUT2D eigenvalue weighted by molar-refractivity contribution is 4.66. The molecule has 3 aliphatic rings. The van der Waals surface area contributed by atoms with Gasteiger partial charge in [0.05, 0.1) is 25.4 Å². The smallest absolute Gasteiger partial charge is 0.0596 e. The van der Waals surface area contributed by atoms with Gasteiger partial charge in [-0.1, -0.05) is 67.7 Å². The summed E-state index contributed by atoms with van der Waals surface area (Å²) in [5.41, 5.74) is 0. The third-order valence-electron chi connectivity index (χ3n) is 7.70. The van der Waals surface area contributed by atoms with Crippen LogP contribution in [0.2, 0.25) is 0 Å². The number of piperidine rings is 2. The van der Waals surface area contributed by atoms with Crippen LogP contribution >= 0.6 is 0 Å². The van der Waals surface area contributed by atoms with Gasteiger partial charge in [-0.15, -0.1) is 0 Å². The minimum absolute atomic E-state index is 0. The van der Waals surface area contributed by atoms with Crippen LogP contribution in [0.5, 0.6) is 0 Å². The number of hydrogen-bond donors (Lipinski definition) is 0. The maximum absolute atomic E-state index is 5.50. The van der Waals surface area contributed by atoms with Crippen LogP contribution in [0, 0.1) is 11.8 Å². The van der Waals surface area contributed by atoms with Crippen molar-refractivity contribution in [3.05, 3.63) is 0 Å². The van der Waals surface area contributed by atoms with Gasteiger partial charge < -0.3 is 24.2 Å². The summed E-state index contributed by atoms with van der Waals surface area (Å²) in [5, 5.41) is 0. The molecule has 250 valence electrons. The predicted molar refractivity (Wildman–Crippen MR) is 184 cm³/mol. The van der Waals surface area contributed by atoms with E-state index in [0.717, 1.165) is 38.1 Å². The molecule has 3 rings (SSSR count). The Balaban J connectivity index is 0. The molecule has 0 N–H and O–H groups in total. The van der Waals surface area contributed by atoms with Crippen molar-refractivity contribution in [1.29, 1.82) is 0 Å². The number of likely N-dealkylation sites (tertiary alicyclic amines) is 3. The molecule has 0 radical (unpaired) electrons. The van der Waals surface area contributed by atoms with Crippen molar-refractivity contribution in [2.75, 3.05) is 72.1 Å². The molecular formula is C36H79N3O2. The standard InChI is InChI=1S/2C10H21NO.C9H19N.C6H14.CH4/c2*1-10(2)12-9-8-11-6-4-3-5-7-11;1-9(2)5-8-10-6-3-4-7-10;1-4-5-6(2)3;/h2*10H,3-9H2,1-2H3;9H,3-8H2,1-2H3;6H,4-5H2,1-3H3;1H4. The summed E-state index contributed by atoms with van der Waals surface area (Å²) >= 11 is 0. The van der Waals surface area contributed by atoms with Crippen LogP contribution in [-0.2, 0) is 9.47 Å². The fourth-order valence-corrected chi connectivity index (χ4v) is 5.23. The lowest BCUT2D eigenvalue weighted by atomic mass is 10.1. The fourth-order valence-electron chi connectivity index (χ4n) is 5.23. The molecule has 41 heavy (non-hydrogen) atoms. The van der Waals surface area contributed by atoms with E-state index in [0.29, 0.717) is 12.2 Å². The maximum atomic E-state index is 5.50. The second-order valence-electron chi connectivity index (χ2n) is 13.6. The molecule has 0 aromatic carbocycles. The molecule has 3 heterocycles. The topological polar surface area (TPSA) is 28.2 Å². The fraction of sp³-hybridized carbons (Fsp3) is 1.00. The largest absolute Gasteiger partial charge is 0.377 e. The Morgan fingerprint density at radius 3 is 1.05 bits per heavy atom. The molecule has 5 nitrogen and oxygen atoms in total. The first-order valence-corrected chi connectivity index (χ1v) is 17.5. The molecule has 0 saturated carbocycles. The lowest BCUT2D eigenvalue weighted by molar-refractivity contribution is 0.0549. The summed E-state index contributed by atoms with van der Waals surface area (Å²) in [6.45, 7) is 32.9. The van der Waals surface area contributed by atoms with Gasteiger partial charge in [0.2, 0.25) is 0 Å². The van der Waals surface area contributed by atoms with Crippen molar-refractivity contribution in [2.24, 2.45) is 11.8 Å². The van der Waals surface area contributed by atoms with E-state index in [4.69, 9.17) is 9.47 Å². The number of rotatable bonds is 13. The van der Waals surface area contributed by atoms with E-state index in [1.54, 1.807) is 0 Å². The minimum atomic E-state index is 0. The van der Waals surface area contributed by atoms with Crippen LogP contribution in [0.4, 0.5) is 0 Å². The van der Waals surface area contributed by atoms with Crippen LogP contribution in [0.25, 0.3) is 0 Å². The monoisotopic (exact) mass is 586 g/mol. The first kappa shape index (κ1) is 42.9. The van der Waals surface area contributed by atoms with E-state index in [2.05, 4.69) is 77.0 Å². The van der Waals surface area contributed by atoms with Gasteiger partial charge in [-0.05, 0) is 130 Å². The zero-order valence-corrected chi connectivity index (χ0v) is 29.0. The third kappa shape index (κ3) is 31.0. The Bertz CT molecular complexity index is 467. The normalized spacial score (nSPS) is 18.4. The number of hydrogen-bond acceptors (Lipinski definition) is 5. The first-order valence-electron chi connectivity index (χ1n) is 17.5. The molecule has 0 spiro atoms. The number of nitrogens with zero attached hydrogens (tertiary/aromatic N) is 3. The molecule has 0 aromatic heterocycles. The zero-order chi connectivity index (χ0) is 30.0. The molecule has 5 heteroatoms. The highest BCUT2D eigenvalue weighted by Crippen LogP contribution is 2.10. The molecule has 0 aliphatic carbocycles. The average Bonchev–Trinajstić information content (AvgIpc) is 3.43. The van der Waals surface area contributed by atoms with E-state index < -0.39 is 0 Å². The lowest BCUT2D eigenvalue weighted by Crippen LogP contribution is -2.33. The molecule has 0 bridgehead atoms. The molecule has 3 fully saturated rings. The minimum Gasteiger partial charge on any atom is -0.377 e. The van der Waals surface area contributed by atoms with Gasteiger partial charge in [-0.25, -0.2) is 0 Å². The van der Waals surface area contributed by atoms with Crippen molar-refractivity contribution < 1.29 is 9.47 Å². The Kier molecular flexibility index (Phi) is 31.3. The summed E-state index contributed by atoms with van der Waals surface area (Å²) in [4.78, 5) is 7.60. The Morgan fingerprint density at radius 2 is 0.780 bits per heavy atom. The van der Waals surface area contributed by atoms with Crippen molar-refractivity contribution >= 4 is 0 Å². The van der Waals surface area contributed by atoms with Crippen LogP contribution < -0.4 is 0 Å². The molecule has 0 aromatic rings. The summed E-state index contributed by atoms with van der Waals surface area (Å²) < 4.78 is 11.0. The summed E-state index contributed by atoms with van der Waals surface area (Å²) in [7, 11) is 0. The highest BCUT2D eigenvalue weighted by Gasteiger charge is 2.11. The molecule has 0 unspecified atom stereocenters. The summed E-state index contributed by atoms with van der Waals surface area (Å²) in [6, 6.07) is 0. The van der Waals surface area contributed by atoms with E-state index in [1.807, 2.05) is 0 Å². The van der Waals surface area contributed by atoms with Gasteiger partial charge in [0, 0.05) is 13.1 Å². The Labute approximate surface area is 260 Å². The highest BCUT2D eigenvalue weighted by atomic mass is 16.5. The third-order valence-corrected chi connectivity index (χ3v) is 7.70. The van der Waals surface area contributed by atoms with Gasteiger partial charge in [-0.3, -0.25) is 0 Å². The van der Waals surface area contributed by atoms with Gasteiger partial charge in [0.25, 0.3) is 0 Å². The second kappa shape index (κ2) is 29.9. The Morgan fingerprint density at radius 1 is 0.463 bits per heavy atom.